The lowest BCUT2D eigenvalue weighted by molar-refractivity contribution is 0.614. The van der Waals surface area contributed by atoms with E-state index in [0.717, 1.165) is 27.9 Å². The van der Waals surface area contributed by atoms with E-state index >= 15 is 0 Å². The number of thiol groups is 1. The average Bonchev–Trinajstić information content (AvgIpc) is 2.56. The Morgan fingerprint density at radius 2 is 1.39 bits per heavy atom. The summed E-state index contributed by atoms with van der Waals surface area (Å²) >= 11 is 0. The molecule has 0 radical (unpaired) electrons. The van der Waals surface area contributed by atoms with Gasteiger partial charge in [-0.25, -0.2) is 12.8 Å². The van der Waals surface area contributed by atoms with E-state index in [1.165, 1.54) is 12.1 Å². The van der Waals surface area contributed by atoms with Gasteiger partial charge in [-0.15, -0.1) is 0 Å². The van der Waals surface area contributed by atoms with Gasteiger partial charge < -0.3 is 0 Å². The minimum absolute atomic E-state index is 0.0529. The van der Waals surface area contributed by atoms with Crippen molar-refractivity contribution in [2.75, 3.05) is 0 Å². The molecule has 0 atom stereocenters. The molecule has 23 heavy (non-hydrogen) atoms. The van der Waals surface area contributed by atoms with Crippen molar-refractivity contribution in [3.8, 4) is 22.4 Å². The Morgan fingerprint density at radius 1 is 0.783 bits per heavy atom. The van der Waals surface area contributed by atoms with Gasteiger partial charge in [0.15, 0.2) is 0 Å². The van der Waals surface area contributed by atoms with Gasteiger partial charge in [-0.1, -0.05) is 30.3 Å². The molecule has 3 rings (SSSR count). The summed E-state index contributed by atoms with van der Waals surface area (Å²) in [6.07, 6.45) is 1.75. The van der Waals surface area contributed by atoms with E-state index in [4.69, 9.17) is 0 Å². The zero-order valence-corrected chi connectivity index (χ0v) is 13.0. The molecule has 0 amide bonds. The summed E-state index contributed by atoms with van der Waals surface area (Å²) < 4.78 is 34.4. The highest BCUT2D eigenvalue weighted by molar-refractivity contribution is 7.71. The maximum absolute atomic E-state index is 12.9. The van der Waals surface area contributed by atoms with Crippen LogP contribution in [0.5, 0.6) is 0 Å². The smallest absolute Gasteiger partial charge is 0.144 e. The number of pyridine rings is 1. The second-order valence-corrected chi connectivity index (χ2v) is 6.11. The van der Waals surface area contributed by atoms with Crippen molar-refractivity contribution >= 4 is 10.7 Å². The minimum atomic E-state index is -2.41. The Hall–Kier alpha value is -2.53. The molecule has 116 valence electrons. The van der Waals surface area contributed by atoms with E-state index in [2.05, 4.69) is 4.98 Å². The fourth-order valence-electron chi connectivity index (χ4n) is 2.31. The molecule has 0 aliphatic carbocycles. The molecule has 1 aromatic heterocycles. The van der Waals surface area contributed by atoms with Crippen LogP contribution in [0.3, 0.4) is 0 Å². The average molecular weight is 327 g/mol. The van der Waals surface area contributed by atoms with Gasteiger partial charge in [0.2, 0.25) is 0 Å². The highest BCUT2D eigenvalue weighted by Crippen LogP contribution is 2.23. The first kappa shape index (κ1) is 15.4. The molecule has 3 nitrogen and oxygen atoms in total. The van der Waals surface area contributed by atoms with Crippen LogP contribution in [0.2, 0.25) is 0 Å². The zero-order valence-electron chi connectivity index (χ0n) is 12.1. The van der Waals surface area contributed by atoms with Crippen LogP contribution in [-0.4, -0.2) is 13.4 Å². The van der Waals surface area contributed by atoms with E-state index < -0.39 is 10.7 Å². The fraction of sp³-hybridized carbons (Fsp3) is 0.0556. The Morgan fingerprint density at radius 3 is 1.96 bits per heavy atom. The van der Waals surface area contributed by atoms with Crippen LogP contribution in [0.4, 0.5) is 4.39 Å². The van der Waals surface area contributed by atoms with Crippen LogP contribution in [0.25, 0.3) is 22.4 Å². The van der Waals surface area contributed by atoms with Crippen LogP contribution in [0.15, 0.2) is 66.9 Å². The molecule has 0 aliphatic heterocycles. The zero-order chi connectivity index (χ0) is 16.2. The number of rotatable bonds is 4. The third-order valence-corrected chi connectivity index (χ3v) is 4.13. The first-order valence-electron chi connectivity index (χ1n) is 7.05. The SMILES string of the molecule is O=[SH](=O)Cc1ccc(-c2ccc(-c3ccc(F)cc3)nc2)cc1. The van der Waals surface area contributed by atoms with Gasteiger partial charge >= 0.3 is 0 Å². The van der Waals surface area contributed by atoms with Crippen molar-refractivity contribution in [2.45, 2.75) is 5.75 Å². The first-order chi connectivity index (χ1) is 11.1. The van der Waals surface area contributed by atoms with Crippen LogP contribution in [0, 0.1) is 5.82 Å². The number of halogens is 1. The van der Waals surface area contributed by atoms with E-state index in [9.17, 15) is 12.8 Å². The summed E-state index contributed by atoms with van der Waals surface area (Å²) in [5.74, 6) is -0.220. The van der Waals surface area contributed by atoms with Crippen LogP contribution in [0.1, 0.15) is 5.56 Å². The van der Waals surface area contributed by atoms with Gasteiger partial charge in [0.05, 0.1) is 11.4 Å². The van der Waals surface area contributed by atoms with Gasteiger partial charge in [0.25, 0.3) is 0 Å². The topological polar surface area (TPSA) is 47.0 Å². The molecule has 0 saturated heterocycles. The van der Waals surface area contributed by atoms with Gasteiger partial charge in [-0.05, 0) is 41.5 Å². The Balaban J connectivity index is 1.83. The third-order valence-electron chi connectivity index (χ3n) is 3.50. The van der Waals surface area contributed by atoms with E-state index in [1.807, 2.05) is 24.3 Å². The predicted octanol–water partition coefficient (Wildman–Crippen LogP) is 3.67. The Labute approximate surface area is 135 Å². The number of nitrogens with zero attached hydrogens (tertiary/aromatic N) is 1. The lowest BCUT2D eigenvalue weighted by Crippen LogP contribution is -1.88. The van der Waals surface area contributed by atoms with Crippen molar-refractivity contribution in [1.29, 1.82) is 0 Å². The predicted molar refractivity (Wildman–Crippen MR) is 89.1 cm³/mol. The second-order valence-electron chi connectivity index (χ2n) is 5.13. The van der Waals surface area contributed by atoms with E-state index in [-0.39, 0.29) is 11.6 Å². The highest BCUT2D eigenvalue weighted by atomic mass is 32.2. The maximum Gasteiger partial charge on any atom is 0.144 e. The van der Waals surface area contributed by atoms with Crippen molar-refractivity contribution < 1.29 is 12.8 Å². The standard InChI is InChI=1S/C18H14FNO2S/c19-17-8-5-15(6-9-17)18-10-7-16(11-20-18)14-3-1-13(2-4-14)12-23(21)22/h1-11,23H,12H2. The number of aromatic nitrogens is 1. The molecular formula is C18H14FNO2S. The lowest BCUT2D eigenvalue weighted by atomic mass is 10.0. The second kappa shape index (κ2) is 6.71. The van der Waals surface area contributed by atoms with Gasteiger partial charge in [-0.3, -0.25) is 4.98 Å². The number of benzene rings is 2. The van der Waals surface area contributed by atoms with Crippen molar-refractivity contribution in [1.82, 2.24) is 4.98 Å². The lowest BCUT2D eigenvalue weighted by Gasteiger charge is -2.05. The van der Waals surface area contributed by atoms with E-state index in [1.54, 1.807) is 30.5 Å². The van der Waals surface area contributed by atoms with Gasteiger partial charge in [0.1, 0.15) is 16.5 Å². The van der Waals surface area contributed by atoms with Gasteiger partial charge in [-0.2, -0.15) is 0 Å². The van der Waals surface area contributed by atoms with Crippen LogP contribution in [-0.2, 0) is 16.5 Å². The summed E-state index contributed by atoms with van der Waals surface area (Å²) in [5.41, 5.74) is 4.30. The molecule has 1 heterocycles. The monoisotopic (exact) mass is 327 g/mol. The molecule has 0 saturated carbocycles. The van der Waals surface area contributed by atoms with Crippen molar-refractivity contribution in [2.24, 2.45) is 0 Å². The largest absolute Gasteiger partial charge is 0.256 e. The molecule has 0 aliphatic rings. The van der Waals surface area contributed by atoms with Crippen molar-refractivity contribution in [3.05, 3.63) is 78.2 Å². The molecule has 2 aromatic carbocycles. The summed E-state index contributed by atoms with van der Waals surface area (Å²) in [7, 11) is -2.41. The fourth-order valence-corrected chi connectivity index (χ4v) is 2.82. The van der Waals surface area contributed by atoms with Crippen LogP contribution < -0.4 is 0 Å². The third kappa shape index (κ3) is 3.81. The maximum atomic E-state index is 12.9. The molecule has 0 bridgehead atoms. The van der Waals surface area contributed by atoms with Gasteiger partial charge in [0, 0.05) is 17.3 Å². The molecule has 3 aromatic rings. The molecule has 0 unspecified atom stereocenters. The number of hydrogen-bond donors (Lipinski definition) is 1. The molecule has 5 heteroatoms. The molecule has 0 spiro atoms. The Bertz CT molecular complexity index is 862. The summed E-state index contributed by atoms with van der Waals surface area (Å²) in [6, 6.07) is 17.4. The summed E-state index contributed by atoms with van der Waals surface area (Å²) in [4.78, 5) is 4.41. The van der Waals surface area contributed by atoms with Crippen LogP contribution >= 0.6 is 0 Å². The normalized spacial score (nSPS) is 10.9. The molecule has 0 fully saturated rings. The first-order valence-corrected chi connectivity index (χ1v) is 8.41. The Kier molecular flexibility index (Phi) is 4.48. The number of hydrogen-bond acceptors (Lipinski definition) is 3. The highest BCUT2D eigenvalue weighted by Gasteiger charge is 2.03. The van der Waals surface area contributed by atoms with Crippen molar-refractivity contribution in [3.63, 3.8) is 0 Å². The molecular weight excluding hydrogens is 313 g/mol. The van der Waals surface area contributed by atoms with E-state index in [0.29, 0.717) is 0 Å². The quantitative estimate of drug-likeness (QED) is 0.744. The summed E-state index contributed by atoms with van der Waals surface area (Å²) in [5, 5.41) is 0. The minimum Gasteiger partial charge on any atom is -0.256 e. The molecule has 0 N–H and O–H groups in total. The summed E-state index contributed by atoms with van der Waals surface area (Å²) in [6.45, 7) is 0.